The van der Waals surface area contributed by atoms with E-state index in [0.717, 1.165) is 27.6 Å². The first-order valence-corrected chi connectivity index (χ1v) is 14.3. The Morgan fingerprint density at radius 2 is 1.38 bits per heavy atom. The van der Waals surface area contributed by atoms with Crippen molar-refractivity contribution in [2.75, 3.05) is 17.2 Å². The van der Waals surface area contributed by atoms with Gasteiger partial charge < -0.3 is 45.9 Å². The van der Waals surface area contributed by atoms with Crippen LogP contribution < -0.4 is 20.9 Å². The minimum Gasteiger partial charge on any atom is -0.508 e. The molecular formula is C35H37N3O9. The number of hydrogen-bond donors (Lipinski definition) is 8. The molecule has 2 heterocycles. The highest BCUT2D eigenvalue weighted by molar-refractivity contribution is 5.97. The average molecular weight is 644 g/mol. The van der Waals surface area contributed by atoms with Crippen LogP contribution in [0, 0.1) is 27.7 Å². The summed E-state index contributed by atoms with van der Waals surface area (Å²) in [4.78, 5) is 34.5. The molecule has 0 fully saturated rings. The molecule has 1 aliphatic rings. The van der Waals surface area contributed by atoms with E-state index in [2.05, 4.69) is 15.6 Å². The lowest BCUT2D eigenvalue weighted by Crippen LogP contribution is -2.25. The zero-order valence-electron chi connectivity index (χ0n) is 26.3. The first-order chi connectivity index (χ1) is 22.3. The Bertz CT molecular complexity index is 1940. The summed E-state index contributed by atoms with van der Waals surface area (Å²) in [5.41, 5.74) is 5.67. The molecule has 0 unspecified atom stereocenters. The monoisotopic (exact) mass is 643 g/mol. The van der Waals surface area contributed by atoms with Crippen LogP contribution in [0.25, 0.3) is 10.9 Å². The molecule has 5 aromatic rings. The molecular weight excluding hydrogens is 606 g/mol. The van der Waals surface area contributed by atoms with Gasteiger partial charge in [-0.3, -0.25) is 14.4 Å². The predicted molar refractivity (Wildman–Crippen MR) is 179 cm³/mol. The summed E-state index contributed by atoms with van der Waals surface area (Å²) >= 11 is 0. The van der Waals surface area contributed by atoms with Crippen molar-refractivity contribution in [1.29, 1.82) is 0 Å². The highest BCUT2D eigenvalue weighted by Gasteiger charge is 2.20. The first kappa shape index (κ1) is 35.5. The highest BCUT2D eigenvalue weighted by atomic mass is 16.5. The molecule has 1 aliphatic heterocycles. The van der Waals surface area contributed by atoms with Crippen molar-refractivity contribution in [2.45, 2.75) is 34.3 Å². The van der Waals surface area contributed by atoms with Crippen LogP contribution in [-0.2, 0) is 16.2 Å². The van der Waals surface area contributed by atoms with Crippen molar-refractivity contribution in [3.63, 3.8) is 0 Å². The Hall–Kier alpha value is -6.01. The van der Waals surface area contributed by atoms with E-state index in [0.29, 0.717) is 34.6 Å². The summed E-state index contributed by atoms with van der Waals surface area (Å²) in [6.07, 6.45) is 0.536. The second-order valence-corrected chi connectivity index (χ2v) is 10.5. The van der Waals surface area contributed by atoms with Crippen LogP contribution in [0.1, 0.15) is 27.8 Å². The SMILES string of the molecule is Cc1ccc(O)c(CO)c1.Cc1ccc(O)c(NC=O)c1.Cc1ccc(O)c2[nH]c(=O)ccc12.Cc1ccc(O)c2c1OCC(=O)N2. The van der Waals surface area contributed by atoms with Crippen LogP contribution in [-0.4, -0.2) is 49.4 Å². The number of amides is 2. The van der Waals surface area contributed by atoms with Crippen LogP contribution in [0.2, 0.25) is 0 Å². The number of aromatic hydroxyl groups is 4. The van der Waals surface area contributed by atoms with E-state index in [9.17, 15) is 24.6 Å². The summed E-state index contributed by atoms with van der Waals surface area (Å²) < 4.78 is 5.18. The number of aliphatic hydroxyl groups excluding tert-OH is 1. The zero-order valence-corrected chi connectivity index (χ0v) is 26.3. The van der Waals surface area contributed by atoms with Crippen LogP contribution in [0.4, 0.5) is 11.4 Å². The summed E-state index contributed by atoms with van der Waals surface area (Å²) in [7, 11) is 0. The Morgan fingerprint density at radius 1 is 0.766 bits per heavy atom. The number of fused-ring (bicyclic) bond motifs is 2. The molecule has 47 heavy (non-hydrogen) atoms. The number of aromatic amines is 1. The maximum absolute atomic E-state index is 11.0. The fraction of sp³-hybridized carbons (Fsp3) is 0.171. The Balaban J connectivity index is 0.000000171. The number of H-pyrrole nitrogens is 1. The molecule has 246 valence electrons. The maximum atomic E-state index is 11.0. The van der Waals surface area contributed by atoms with Gasteiger partial charge in [-0.25, -0.2) is 0 Å². The number of carbonyl (C=O) groups excluding carboxylic acids is 2. The van der Waals surface area contributed by atoms with E-state index < -0.39 is 0 Å². The van der Waals surface area contributed by atoms with E-state index in [-0.39, 0.29) is 47.7 Å². The zero-order chi connectivity index (χ0) is 34.7. The number of hydrogen-bond acceptors (Lipinski definition) is 9. The first-order valence-electron chi connectivity index (χ1n) is 14.3. The van der Waals surface area contributed by atoms with Crippen LogP contribution in [0.5, 0.6) is 28.7 Å². The van der Waals surface area contributed by atoms with Crippen molar-refractivity contribution in [3.05, 3.63) is 111 Å². The van der Waals surface area contributed by atoms with Crippen molar-refractivity contribution >= 4 is 34.6 Å². The van der Waals surface area contributed by atoms with Crippen molar-refractivity contribution < 1.29 is 39.9 Å². The quantitative estimate of drug-likeness (QED) is 0.0980. The third-order valence-electron chi connectivity index (χ3n) is 6.81. The van der Waals surface area contributed by atoms with E-state index in [4.69, 9.17) is 20.1 Å². The molecule has 0 bridgehead atoms. The second-order valence-electron chi connectivity index (χ2n) is 10.5. The number of anilines is 2. The van der Waals surface area contributed by atoms with Crippen LogP contribution in [0.15, 0.2) is 77.6 Å². The molecule has 4 aromatic carbocycles. The van der Waals surface area contributed by atoms with Crippen LogP contribution in [0.3, 0.4) is 0 Å². The van der Waals surface area contributed by atoms with Crippen LogP contribution >= 0.6 is 0 Å². The number of phenolic OH excluding ortho intramolecular Hbond substituents is 3. The maximum Gasteiger partial charge on any atom is 0.262 e. The lowest BCUT2D eigenvalue weighted by atomic mass is 10.1. The standard InChI is InChI=1S/C10H9NO2.C9H9NO3.C8H9NO2.C8H10O2/c1-6-2-4-8(12)10-7(6)3-5-9(13)11-10;1-5-2-3-6(11)8-9(5)13-4-7(12)10-8;1-6-2-3-8(11)7(4-6)9-5-10;1-6-2-3-8(10)7(4-6)5-9/h2-5,12H,1H3,(H,11,13);2-3,11H,4H2,1H3,(H,10,12);2-5,11H,1H3,(H,9,10);2-4,9-10H,5H2,1H3. The smallest absolute Gasteiger partial charge is 0.262 e. The molecule has 6 rings (SSSR count). The third kappa shape index (κ3) is 9.74. The largest absolute Gasteiger partial charge is 0.508 e. The number of carbonyl (C=O) groups is 2. The number of aryl methyl sites for hydroxylation is 4. The number of pyridine rings is 1. The number of phenols is 4. The number of ether oxygens (including phenoxy) is 1. The van der Waals surface area contributed by atoms with Gasteiger partial charge in [0.1, 0.15) is 34.4 Å². The van der Waals surface area contributed by atoms with Gasteiger partial charge >= 0.3 is 0 Å². The number of aromatic nitrogens is 1. The lowest BCUT2D eigenvalue weighted by molar-refractivity contribution is -0.118. The molecule has 12 nitrogen and oxygen atoms in total. The van der Waals surface area contributed by atoms with Gasteiger partial charge in [-0.1, -0.05) is 35.9 Å². The molecule has 8 N–H and O–H groups in total. The van der Waals surface area contributed by atoms with Crippen molar-refractivity contribution in [2.24, 2.45) is 0 Å². The molecule has 0 atom stereocenters. The topological polar surface area (TPSA) is 201 Å². The molecule has 0 spiro atoms. The molecule has 1 aromatic heterocycles. The molecule has 0 radical (unpaired) electrons. The van der Waals surface area contributed by atoms with Gasteiger partial charge in [0, 0.05) is 17.0 Å². The number of rotatable bonds is 3. The normalized spacial score (nSPS) is 11.1. The van der Waals surface area contributed by atoms with Gasteiger partial charge in [0.15, 0.2) is 6.61 Å². The van der Waals surface area contributed by atoms with E-state index in [1.807, 2.05) is 33.8 Å². The molecule has 0 saturated carbocycles. The lowest BCUT2D eigenvalue weighted by Gasteiger charge is -2.20. The van der Waals surface area contributed by atoms with Crippen molar-refractivity contribution in [3.8, 4) is 28.7 Å². The Labute approximate surface area is 270 Å². The second kappa shape index (κ2) is 16.3. The minimum atomic E-state index is -0.242. The van der Waals surface area contributed by atoms with E-state index in [1.165, 1.54) is 12.1 Å². The van der Waals surface area contributed by atoms with Gasteiger partial charge in [-0.2, -0.15) is 0 Å². The van der Waals surface area contributed by atoms with Gasteiger partial charge in [0.25, 0.3) is 5.91 Å². The molecule has 12 heteroatoms. The summed E-state index contributed by atoms with van der Waals surface area (Å²) in [5.74, 6) is 0.704. The van der Waals surface area contributed by atoms with E-state index in [1.54, 1.807) is 54.6 Å². The molecule has 0 saturated heterocycles. The van der Waals surface area contributed by atoms with Gasteiger partial charge in [0.05, 0.1) is 17.8 Å². The fourth-order valence-corrected chi connectivity index (χ4v) is 4.35. The number of benzene rings is 4. The fourth-order valence-electron chi connectivity index (χ4n) is 4.35. The summed E-state index contributed by atoms with van der Waals surface area (Å²) in [6.45, 7) is 7.49. The van der Waals surface area contributed by atoms with Gasteiger partial charge in [-0.15, -0.1) is 0 Å². The summed E-state index contributed by atoms with van der Waals surface area (Å²) in [5, 5.41) is 51.6. The van der Waals surface area contributed by atoms with Gasteiger partial charge in [-0.05, 0) is 80.8 Å². The Morgan fingerprint density at radius 3 is 2.04 bits per heavy atom. The van der Waals surface area contributed by atoms with Crippen molar-refractivity contribution in [1.82, 2.24) is 4.98 Å². The summed E-state index contributed by atoms with van der Waals surface area (Å²) in [6, 6.07) is 20.0. The van der Waals surface area contributed by atoms with Gasteiger partial charge in [0.2, 0.25) is 12.0 Å². The third-order valence-corrected chi connectivity index (χ3v) is 6.81. The number of aliphatic hydroxyl groups is 1. The number of nitrogens with one attached hydrogen (secondary N) is 3. The average Bonchev–Trinajstić information content (AvgIpc) is 3.05. The minimum absolute atomic E-state index is 0.0112. The molecule has 2 amide bonds. The Kier molecular flexibility index (Phi) is 12.3. The van der Waals surface area contributed by atoms with E-state index >= 15 is 0 Å². The predicted octanol–water partition coefficient (Wildman–Crippen LogP) is 5.04. The molecule has 0 aliphatic carbocycles. The highest BCUT2D eigenvalue weighted by Crippen LogP contribution is 2.38.